The molecular formula is C60H109N11O13. The van der Waals surface area contributed by atoms with Gasteiger partial charge in [-0.1, -0.05) is 86.5 Å². The molecule has 84 heavy (non-hydrogen) atoms. The first-order chi connectivity index (χ1) is 39.0. The zero-order valence-corrected chi connectivity index (χ0v) is 53.9. The van der Waals surface area contributed by atoms with Crippen LogP contribution in [-0.2, 0) is 52.7 Å². The van der Waals surface area contributed by atoms with E-state index in [1.807, 2.05) is 11.8 Å². The van der Waals surface area contributed by atoms with Gasteiger partial charge < -0.3 is 67.9 Å². The van der Waals surface area contributed by atoms with Gasteiger partial charge >= 0.3 is 0 Å². The first-order valence-electron chi connectivity index (χ1n) is 30.6. The van der Waals surface area contributed by atoms with Gasteiger partial charge in [0.1, 0.15) is 58.7 Å². The highest BCUT2D eigenvalue weighted by Gasteiger charge is 2.42. The third-order valence-electron chi connectivity index (χ3n) is 15.5. The van der Waals surface area contributed by atoms with Gasteiger partial charge in [0, 0.05) is 44.4 Å². The van der Waals surface area contributed by atoms with Crippen molar-refractivity contribution in [3.8, 4) is 0 Å². The van der Waals surface area contributed by atoms with E-state index in [2.05, 4.69) is 54.8 Å². The number of carbonyl (C=O) groups excluding carboxylic acids is 11. The molecule has 0 spiro atoms. The van der Waals surface area contributed by atoms with Crippen molar-refractivity contribution in [2.45, 2.75) is 266 Å². The quantitative estimate of drug-likeness (QED) is 0.0393. The fourth-order valence-electron chi connectivity index (χ4n) is 9.69. The summed E-state index contributed by atoms with van der Waals surface area (Å²) in [5, 5.41) is 43.9. The molecule has 1 aliphatic rings. The molecule has 24 heteroatoms. The average Bonchev–Trinajstić information content (AvgIpc) is 4.04. The minimum Gasteiger partial charge on any atom is -0.395 e. The highest BCUT2D eigenvalue weighted by molar-refractivity contribution is 6.00. The number of amides is 10. The van der Waals surface area contributed by atoms with E-state index >= 15 is 0 Å². The number of carbonyl (C=O) groups is 11. The van der Waals surface area contributed by atoms with Gasteiger partial charge in [-0.05, 0) is 120 Å². The molecule has 24 nitrogen and oxygen atoms in total. The number of hydrogen-bond acceptors (Lipinski definition) is 14. The number of nitrogens with zero attached hydrogens (tertiary/aromatic N) is 2. The van der Waals surface area contributed by atoms with Crippen LogP contribution in [0.15, 0.2) is 0 Å². The van der Waals surface area contributed by atoms with Gasteiger partial charge in [0.05, 0.1) is 12.7 Å². The largest absolute Gasteiger partial charge is 0.395 e. The monoisotopic (exact) mass is 1190 g/mol. The normalized spacial score (nSPS) is 17.3. The number of aliphatic hydroxyl groups excluding tert-OH is 2. The van der Waals surface area contributed by atoms with Crippen LogP contribution in [0, 0.1) is 17.8 Å². The molecule has 0 aromatic heterocycles. The van der Waals surface area contributed by atoms with Crippen molar-refractivity contribution in [2.24, 2.45) is 17.8 Å². The molecule has 10 amide bonds. The first-order valence-corrected chi connectivity index (χ1v) is 30.6. The molecule has 0 saturated carbocycles. The van der Waals surface area contributed by atoms with Crippen LogP contribution in [0.4, 0.5) is 0 Å². The highest BCUT2D eigenvalue weighted by Crippen LogP contribution is 2.24. The van der Waals surface area contributed by atoms with Gasteiger partial charge in [0.15, 0.2) is 0 Å². The Morgan fingerprint density at radius 1 is 0.607 bits per heavy atom. The Hall–Kier alpha value is -5.75. The summed E-state index contributed by atoms with van der Waals surface area (Å²) in [4.78, 5) is 152. The third kappa shape index (κ3) is 26.3. The molecule has 482 valence electrons. The van der Waals surface area contributed by atoms with Gasteiger partial charge in [-0.3, -0.25) is 52.7 Å². The second kappa shape index (κ2) is 36.3. The molecule has 1 aliphatic heterocycles. The Labute approximate surface area is 500 Å². The van der Waals surface area contributed by atoms with Crippen LogP contribution < -0.4 is 47.9 Å². The van der Waals surface area contributed by atoms with E-state index in [0.29, 0.717) is 45.3 Å². The average molecular weight is 1190 g/mol. The SMILES string of the molecule is CCCCCCCCC(C)C(=O)N1CCCC1C(=O)NC(CC(C)CC(O)CC(=O)CC)C(=O)NC(C)C(=O)NC(C)(C)C(=O)NC(C)(C)C(=O)NC(C(=O)NC(C)C(=O)NC(C)(C)C(=O)NC(C)C(=O)NC(C)CN(C)CCO)C(C)CC. The smallest absolute Gasteiger partial charge is 0.246 e. The van der Waals surface area contributed by atoms with Crippen molar-refractivity contribution in [2.75, 3.05) is 33.3 Å². The fraction of sp³-hybridized carbons (Fsp3) is 0.817. The van der Waals surface area contributed by atoms with Crippen LogP contribution in [-0.4, -0.2) is 183 Å². The zero-order chi connectivity index (χ0) is 64.4. The summed E-state index contributed by atoms with van der Waals surface area (Å²) in [5.41, 5.74) is -4.94. The molecule has 11 unspecified atom stereocenters. The van der Waals surface area contributed by atoms with Gasteiger partial charge in [0.2, 0.25) is 59.1 Å². The van der Waals surface area contributed by atoms with Crippen LogP contribution in [0.3, 0.4) is 0 Å². The van der Waals surface area contributed by atoms with Crippen molar-refractivity contribution >= 4 is 64.9 Å². The minimum atomic E-state index is -1.70. The molecule has 11 atom stereocenters. The Bertz CT molecular complexity index is 2210. The molecule has 1 fully saturated rings. The first kappa shape index (κ1) is 76.3. The van der Waals surface area contributed by atoms with E-state index < -0.39 is 118 Å². The molecule has 11 N–H and O–H groups in total. The number of ketones is 1. The number of unbranched alkanes of at least 4 members (excludes halogenated alkanes) is 5. The Kier molecular flexibility index (Phi) is 32.9. The van der Waals surface area contributed by atoms with Crippen LogP contribution >= 0.6 is 0 Å². The fourth-order valence-corrected chi connectivity index (χ4v) is 9.69. The summed E-state index contributed by atoms with van der Waals surface area (Å²) in [7, 11) is 1.79. The van der Waals surface area contributed by atoms with Gasteiger partial charge in [-0.2, -0.15) is 0 Å². The summed E-state index contributed by atoms with van der Waals surface area (Å²) in [6.45, 7) is 26.7. The maximum atomic E-state index is 14.1. The summed E-state index contributed by atoms with van der Waals surface area (Å²) >= 11 is 0. The van der Waals surface area contributed by atoms with Crippen LogP contribution in [0.2, 0.25) is 0 Å². The van der Waals surface area contributed by atoms with Gasteiger partial charge in [0.25, 0.3) is 0 Å². The van der Waals surface area contributed by atoms with Gasteiger partial charge in [-0.15, -0.1) is 0 Å². The van der Waals surface area contributed by atoms with Crippen molar-refractivity contribution in [3.05, 3.63) is 0 Å². The molecular weight excluding hydrogens is 1080 g/mol. The van der Waals surface area contributed by atoms with E-state index in [1.54, 1.807) is 46.6 Å². The van der Waals surface area contributed by atoms with E-state index in [0.717, 1.165) is 32.1 Å². The van der Waals surface area contributed by atoms with Crippen molar-refractivity contribution in [3.63, 3.8) is 0 Å². The Morgan fingerprint density at radius 2 is 1.13 bits per heavy atom. The van der Waals surface area contributed by atoms with Gasteiger partial charge in [-0.25, -0.2) is 0 Å². The second-order valence-corrected chi connectivity index (χ2v) is 25.2. The molecule has 1 saturated heterocycles. The van der Waals surface area contributed by atoms with Crippen molar-refractivity contribution in [1.29, 1.82) is 0 Å². The number of likely N-dealkylation sites (tertiary alicyclic amines) is 1. The number of hydrogen-bond donors (Lipinski definition) is 11. The molecule has 0 bridgehead atoms. The van der Waals surface area contributed by atoms with Crippen LogP contribution in [0.1, 0.15) is 201 Å². The molecule has 0 aromatic rings. The predicted molar refractivity (Wildman–Crippen MR) is 321 cm³/mol. The number of likely N-dealkylation sites (N-methyl/N-ethyl adjacent to an activating group) is 1. The number of nitrogens with one attached hydrogen (secondary N) is 9. The van der Waals surface area contributed by atoms with Crippen LogP contribution in [0.25, 0.3) is 0 Å². The Balaban J connectivity index is 3.12. The van der Waals surface area contributed by atoms with E-state index in [9.17, 15) is 57.8 Å². The third-order valence-corrected chi connectivity index (χ3v) is 15.5. The Morgan fingerprint density at radius 3 is 1.69 bits per heavy atom. The molecule has 1 rings (SSSR count). The lowest BCUT2D eigenvalue weighted by atomic mass is 9.92. The number of Topliss-reactive ketones (excluding diaryl/α,β-unsaturated/α-hetero) is 1. The van der Waals surface area contributed by atoms with E-state index in [-0.39, 0.29) is 61.9 Å². The zero-order valence-electron chi connectivity index (χ0n) is 53.9. The highest BCUT2D eigenvalue weighted by atomic mass is 16.3. The lowest BCUT2D eigenvalue weighted by molar-refractivity contribution is -0.142. The lowest BCUT2D eigenvalue weighted by Gasteiger charge is -2.34. The summed E-state index contributed by atoms with van der Waals surface area (Å²) in [6, 6.07) is -6.99. The second-order valence-electron chi connectivity index (χ2n) is 25.2. The molecule has 0 radical (unpaired) electrons. The van der Waals surface area contributed by atoms with E-state index in [1.165, 1.54) is 68.7 Å². The molecule has 1 heterocycles. The number of aliphatic hydroxyl groups is 2. The van der Waals surface area contributed by atoms with Crippen molar-refractivity contribution < 1.29 is 63.0 Å². The predicted octanol–water partition coefficient (Wildman–Crippen LogP) is 2.15. The van der Waals surface area contributed by atoms with Crippen molar-refractivity contribution in [1.82, 2.24) is 57.7 Å². The molecule has 0 aromatic carbocycles. The summed E-state index contributed by atoms with van der Waals surface area (Å²) < 4.78 is 0. The summed E-state index contributed by atoms with van der Waals surface area (Å²) in [5.74, 6) is -7.64. The topological polar surface area (TPSA) is 343 Å². The number of rotatable bonds is 39. The maximum Gasteiger partial charge on any atom is 0.246 e. The van der Waals surface area contributed by atoms with E-state index in [4.69, 9.17) is 5.11 Å². The maximum absolute atomic E-state index is 14.1. The standard InChI is InChI=1S/C60H109N11O13/c1-18-21-22-23-24-25-27-38(6)54(81)71-29-26-28-46(71)52(79)65-45(33-36(4)32-44(74)34-43(73)20-3)51(78)62-41(9)49(76)68-60(15,16)57(84)69-59(13,14)56(83)66-47(37(5)19-2)53(80)63-42(10)50(77)67-58(11,12)55(82)64-40(8)48(75)61-39(7)35-70(17)30-31-72/h36-42,44-47,72,74H,18-35H2,1-17H3,(H,61,75)(H,62,78)(H,63,80)(H,64,82)(H,65,79)(H,66,83)(H,67,77)(H,68,76)(H,69,84). The lowest BCUT2D eigenvalue weighted by Crippen LogP contribution is -2.66. The minimum absolute atomic E-state index is 0.0199. The summed E-state index contributed by atoms with van der Waals surface area (Å²) in [6.07, 6.45) is 7.96. The van der Waals surface area contributed by atoms with Crippen LogP contribution in [0.5, 0.6) is 0 Å². The molecule has 0 aliphatic carbocycles.